The van der Waals surface area contributed by atoms with Crippen LogP contribution in [0.15, 0.2) is 71.5 Å². The van der Waals surface area contributed by atoms with Crippen molar-refractivity contribution in [1.82, 2.24) is 14.3 Å². The zero-order chi connectivity index (χ0) is 29.4. The van der Waals surface area contributed by atoms with Crippen LogP contribution in [-0.4, -0.2) is 42.8 Å². The van der Waals surface area contributed by atoms with Gasteiger partial charge < -0.3 is 10.2 Å². The van der Waals surface area contributed by atoms with Gasteiger partial charge in [-0.25, -0.2) is 14.3 Å². The molecule has 2 N–H and O–H groups in total. The first-order valence-electron chi connectivity index (χ1n) is 11.4. The van der Waals surface area contributed by atoms with E-state index in [4.69, 9.17) is 11.6 Å². The van der Waals surface area contributed by atoms with E-state index in [0.29, 0.717) is 9.59 Å². The Hall–Kier alpha value is -4.10. The molecule has 0 aliphatic carbocycles. The number of aliphatic hydroxyl groups is 1. The average molecular weight is 586 g/mol. The molecule has 0 saturated heterocycles. The molecule has 3 aromatic carbocycles. The van der Waals surface area contributed by atoms with Gasteiger partial charge in [-0.1, -0.05) is 35.9 Å². The number of benzene rings is 3. The predicted molar refractivity (Wildman–Crippen MR) is 132 cm³/mol. The van der Waals surface area contributed by atoms with E-state index < -0.39 is 59.9 Å². The van der Waals surface area contributed by atoms with Crippen LogP contribution in [-0.2, 0) is 19.3 Å². The van der Waals surface area contributed by atoms with Gasteiger partial charge in [-0.05, 0) is 59.2 Å². The second kappa shape index (κ2) is 10.8. The van der Waals surface area contributed by atoms with Crippen molar-refractivity contribution < 1.29 is 41.4 Å². The molecule has 0 radical (unpaired) electrons. The molecule has 4 aromatic rings. The molecule has 14 heteroatoms. The molecule has 4 rings (SSSR count). The minimum atomic E-state index is -5.04. The number of aliphatic hydroxyl groups excluding tert-OH is 1. The summed E-state index contributed by atoms with van der Waals surface area (Å²) in [6, 6.07) is 13.5. The van der Waals surface area contributed by atoms with Crippen molar-refractivity contribution in [3.8, 4) is 22.5 Å². The highest BCUT2D eigenvalue weighted by atomic mass is 35.5. The molecule has 1 unspecified atom stereocenters. The van der Waals surface area contributed by atoms with Crippen molar-refractivity contribution in [3.05, 3.63) is 98.9 Å². The van der Waals surface area contributed by atoms with Crippen molar-refractivity contribution >= 4 is 17.6 Å². The molecule has 0 bridgehead atoms. The molecule has 7 nitrogen and oxygen atoms in total. The predicted octanol–water partition coefficient (Wildman–Crippen LogP) is 5.72. The van der Waals surface area contributed by atoms with Crippen molar-refractivity contribution in [2.75, 3.05) is 0 Å². The molecule has 1 aromatic heterocycles. The Labute approximate surface area is 226 Å². The number of carbonyl (C=O) groups is 1. The third-order valence-corrected chi connectivity index (χ3v) is 6.18. The van der Waals surface area contributed by atoms with Crippen molar-refractivity contribution in [2.24, 2.45) is 0 Å². The van der Waals surface area contributed by atoms with Gasteiger partial charge in [-0.2, -0.15) is 26.3 Å². The Kier molecular flexibility index (Phi) is 7.81. The fourth-order valence-electron chi connectivity index (χ4n) is 4.03. The number of aromatic carboxylic acids is 1. The molecule has 40 heavy (non-hydrogen) atoms. The lowest BCUT2D eigenvalue weighted by molar-refractivity contribution is -0.207. The summed E-state index contributed by atoms with van der Waals surface area (Å²) in [5.41, 5.74) is -2.92. The molecular formula is C26H18ClF6N3O4. The summed E-state index contributed by atoms with van der Waals surface area (Å²) < 4.78 is 81.7. The number of hydrogen-bond donors (Lipinski definition) is 2. The quantitative estimate of drug-likeness (QED) is 0.270. The van der Waals surface area contributed by atoms with Crippen LogP contribution >= 0.6 is 11.6 Å². The van der Waals surface area contributed by atoms with E-state index >= 15 is 0 Å². The monoisotopic (exact) mass is 585 g/mol. The summed E-state index contributed by atoms with van der Waals surface area (Å²) >= 11 is 5.87. The highest BCUT2D eigenvalue weighted by molar-refractivity contribution is 6.30. The number of carboxylic acid groups (broad SMARTS) is 1. The van der Waals surface area contributed by atoms with Crippen molar-refractivity contribution in [1.29, 1.82) is 0 Å². The summed E-state index contributed by atoms with van der Waals surface area (Å²) in [5, 5.41) is 23.6. The van der Waals surface area contributed by atoms with Gasteiger partial charge in [0.1, 0.15) is 0 Å². The fourth-order valence-corrected chi connectivity index (χ4v) is 4.16. The third-order valence-electron chi connectivity index (χ3n) is 5.93. The molecule has 0 aliphatic rings. The van der Waals surface area contributed by atoms with E-state index in [1.165, 1.54) is 36.4 Å². The fraction of sp³-hybridized carbons (Fsp3) is 0.192. The first-order chi connectivity index (χ1) is 18.7. The highest BCUT2D eigenvalue weighted by Gasteiger charge is 2.39. The minimum absolute atomic E-state index is 0.141. The lowest BCUT2D eigenvalue weighted by atomic mass is 9.93. The van der Waals surface area contributed by atoms with E-state index in [9.17, 15) is 46.1 Å². The van der Waals surface area contributed by atoms with Crippen molar-refractivity contribution in [2.45, 2.75) is 31.5 Å². The molecule has 0 spiro atoms. The SMILES string of the molecule is O=C(O)c1ccc(Cn2nc(-c3ccc(Cl)cc3)n(CC(O)C(F)(F)F)c2=O)cc1-c1ccccc1C(F)(F)F. The van der Waals surface area contributed by atoms with Crippen LogP contribution < -0.4 is 5.69 Å². The van der Waals surface area contributed by atoms with Crippen LogP contribution in [0.3, 0.4) is 0 Å². The van der Waals surface area contributed by atoms with Gasteiger partial charge in [0.25, 0.3) is 0 Å². The lowest BCUT2D eigenvalue weighted by Crippen LogP contribution is -2.37. The standard InChI is InChI=1S/C26H18ClF6N3O4/c27-16-8-6-15(7-9-16)22-34-36(24(40)35(22)13-21(37)26(31,32)33)12-14-5-10-18(23(38)39)19(11-14)17-3-1-2-4-20(17)25(28,29)30/h1-11,21,37H,12-13H2,(H,38,39). The molecule has 0 saturated carbocycles. The number of halogens is 7. The highest BCUT2D eigenvalue weighted by Crippen LogP contribution is 2.38. The lowest BCUT2D eigenvalue weighted by Gasteiger charge is -2.15. The summed E-state index contributed by atoms with van der Waals surface area (Å²) in [6.45, 7) is -1.61. The first kappa shape index (κ1) is 28.9. The third kappa shape index (κ3) is 6.05. The number of rotatable bonds is 7. The van der Waals surface area contributed by atoms with Crippen LogP contribution in [0.5, 0.6) is 0 Å². The van der Waals surface area contributed by atoms with Gasteiger partial charge in [0.05, 0.1) is 24.2 Å². The van der Waals surface area contributed by atoms with Gasteiger partial charge in [-0.15, -0.1) is 5.10 Å². The van der Waals surface area contributed by atoms with E-state index in [0.717, 1.165) is 35.0 Å². The molecule has 0 amide bonds. The first-order valence-corrected chi connectivity index (χ1v) is 11.8. The zero-order valence-electron chi connectivity index (χ0n) is 20.0. The molecule has 0 aliphatic heterocycles. The van der Waals surface area contributed by atoms with Gasteiger partial charge in [0, 0.05) is 10.6 Å². The maximum Gasteiger partial charge on any atom is 0.417 e. The summed E-state index contributed by atoms with van der Waals surface area (Å²) in [6.07, 6.45) is -12.7. The Bertz CT molecular complexity index is 1610. The normalized spacial score (nSPS) is 12.9. The van der Waals surface area contributed by atoms with E-state index in [1.807, 2.05) is 0 Å². The number of aromatic nitrogens is 3. The van der Waals surface area contributed by atoms with Crippen LogP contribution in [0, 0.1) is 0 Å². The maximum absolute atomic E-state index is 13.7. The van der Waals surface area contributed by atoms with Gasteiger partial charge in [-0.3, -0.25) is 4.57 Å². The van der Waals surface area contributed by atoms with Crippen LogP contribution in [0.2, 0.25) is 5.02 Å². The van der Waals surface area contributed by atoms with Crippen molar-refractivity contribution in [3.63, 3.8) is 0 Å². The van der Waals surface area contributed by atoms with E-state index in [2.05, 4.69) is 5.10 Å². The summed E-state index contributed by atoms with van der Waals surface area (Å²) in [5.74, 6) is -1.72. The largest absolute Gasteiger partial charge is 0.478 e. The summed E-state index contributed by atoms with van der Waals surface area (Å²) in [7, 11) is 0. The second-order valence-electron chi connectivity index (χ2n) is 8.67. The zero-order valence-corrected chi connectivity index (χ0v) is 20.8. The number of carboxylic acids is 1. The minimum Gasteiger partial charge on any atom is -0.478 e. The van der Waals surface area contributed by atoms with Crippen LogP contribution in [0.25, 0.3) is 22.5 Å². The Morgan fingerprint density at radius 1 is 0.950 bits per heavy atom. The number of nitrogens with zero attached hydrogens (tertiary/aromatic N) is 3. The maximum atomic E-state index is 13.7. The van der Waals surface area contributed by atoms with E-state index in [-0.39, 0.29) is 22.5 Å². The Morgan fingerprint density at radius 3 is 2.20 bits per heavy atom. The number of alkyl halides is 6. The Morgan fingerprint density at radius 2 is 1.60 bits per heavy atom. The topological polar surface area (TPSA) is 97.3 Å². The van der Waals surface area contributed by atoms with Gasteiger partial charge in [0.2, 0.25) is 0 Å². The van der Waals surface area contributed by atoms with Crippen LogP contribution in [0.4, 0.5) is 26.3 Å². The van der Waals surface area contributed by atoms with E-state index in [1.54, 1.807) is 0 Å². The smallest absolute Gasteiger partial charge is 0.417 e. The second-order valence-corrected chi connectivity index (χ2v) is 9.10. The number of hydrogen-bond acceptors (Lipinski definition) is 4. The van der Waals surface area contributed by atoms with Gasteiger partial charge in [0.15, 0.2) is 11.9 Å². The molecule has 1 heterocycles. The molecule has 1 atom stereocenters. The van der Waals surface area contributed by atoms with Gasteiger partial charge >= 0.3 is 24.0 Å². The van der Waals surface area contributed by atoms with Crippen LogP contribution in [0.1, 0.15) is 21.5 Å². The molecule has 210 valence electrons. The Balaban J connectivity index is 1.83. The molecular weight excluding hydrogens is 568 g/mol. The molecule has 0 fully saturated rings. The summed E-state index contributed by atoms with van der Waals surface area (Å²) in [4.78, 5) is 24.9. The average Bonchev–Trinajstić information content (AvgIpc) is 3.18.